The number of rotatable bonds is 3. The Balaban J connectivity index is 1.47. The Bertz CT molecular complexity index is 660. The monoisotopic (exact) mass is 304 g/mol. The van der Waals surface area contributed by atoms with E-state index < -0.39 is 0 Å². The molecule has 0 saturated carbocycles. The molecule has 2 heteroatoms. The van der Waals surface area contributed by atoms with Crippen LogP contribution in [0.5, 0.6) is 0 Å². The summed E-state index contributed by atoms with van der Waals surface area (Å²) in [5.41, 5.74) is 3.95. The predicted octanol–water partition coefficient (Wildman–Crippen LogP) is 4.94. The molecule has 0 aliphatic carbocycles. The smallest absolute Gasteiger partial charge is 0.0351 e. The van der Waals surface area contributed by atoms with Gasteiger partial charge in [0.2, 0.25) is 0 Å². The number of hydrogen-bond donors (Lipinski definition) is 0. The van der Waals surface area contributed by atoms with E-state index in [1.54, 1.807) is 0 Å². The van der Waals surface area contributed by atoms with E-state index in [2.05, 4.69) is 46.3 Å². The summed E-state index contributed by atoms with van der Waals surface area (Å²) in [6.45, 7) is 1.29. The summed E-state index contributed by atoms with van der Waals surface area (Å²) in [4.78, 5) is 6.81. The van der Waals surface area contributed by atoms with Crippen molar-refractivity contribution >= 4 is 12.2 Å². The minimum Gasteiger partial charge on any atom is -0.293 e. The third-order valence-corrected chi connectivity index (χ3v) is 5.34. The topological polar surface area (TPSA) is 16.1 Å². The first-order valence-electron chi connectivity index (χ1n) is 8.84. The van der Waals surface area contributed by atoms with Crippen molar-refractivity contribution in [1.29, 1.82) is 0 Å². The van der Waals surface area contributed by atoms with Gasteiger partial charge < -0.3 is 0 Å². The van der Waals surface area contributed by atoms with Gasteiger partial charge in [0.25, 0.3) is 0 Å². The highest BCUT2D eigenvalue weighted by molar-refractivity contribution is 5.69. The van der Waals surface area contributed by atoms with Crippen molar-refractivity contribution in [3.05, 3.63) is 65.5 Å². The van der Waals surface area contributed by atoms with Crippen molar-refractivity contribution < 1.29 is 0 Å². The lowest BCUT2D eigenvalue weighted by atomic mass is 10.0. The highest BCUT2D eigenvalue weighted by Gasteiger charge is 2.35. The highest BCUT2D eigenvalue weighted by atomic mass is 15.2. The van der Waals surface area contributed by atoms with Gasteiger partial charge in [-0.1, -0.05) is 42.8 Å². The van der Waals surface area contributed by atoms with Gasteiger partial charge in [0.1, 0.15) is 0 Å². The van der Waals surface area contributed by atoms with Crippen LogP contribution >= 0.6 is 0 Å². The first-order valence-corrected chi connectivity index (χ1v) is 8.84. The minimum absolute atomic E-state index is 0.651. The number of fused-ring (bicyclic) bond motifs is 1. The number of nitrogens with zero attached hydrogens (tertiary/aromatic N) is 2. The lowest BCUT2D eigenvalue weighted by molar-refractivity contribution is 0.150. The second-order valence-corrected chi connectivity index (χ2v) is 6.76. The molecule has 0 bridgehead atoms. The Morgan fingerprint density at radius 1 is 0.826 bits per heavy atom. The molecule has 1 aromatic carbocycles. The number of hydrogen-bond acceptors (Lipinski definition) is 2. The Kier molecular flexibility index (Phi) is 4.25. The van der Waals surface area contributed by atoms with E-state index in [-0.39, 0.29) is 0 Å². The second-order valence-electron chi connectivity index (χ2n) is 6.76. The van der Waals surface area contributed by atoms with Gasteiger partial charge >= 0.3 is 0 Å². The normalized spacial score (nSPS) is 24.9. The van der Waals surface area contributed by atoms with Gasteiger partial charge in [-0.2, -0.15) is 0 Å². The molecule has 0 radical (unpaired) electrons. The zero-order valence-electron chi connectivity index (χ0n) is 13.6. The maximum atomic E-state index is 4.05. The summed E-state index contributed by atoms with van der Waals surface area (Å²) in [5.74, 6) is 0. The molecule has 2 nitrogen and oxygen atoms in total. The lowest BCUT2D eigenvalue weighted by Gasteiger charge is -2.34. The fraction of sp³-hybridized carbons (Fsp3) is 0.381. The van der Waals surface area contributed by atoms with Crippen LogP contribution in [-0.2, 0) is 0 Å². The first-order chi connectivity index (χ1) is 11.4. The average Bonchev–Trinajstić information content (AvgIpc) is 3.05. The van der Waals surface area contributed by atoms with E-state index >= 15 is 0 Å². The number of pyridine rings is 1. The van der Waals surface area contributed by atoms with E-state index in [1.807, 2.05) is 24.5 Å². The largest absolute Gasteiger partial charge is 0.293 e. The molecule has 0 amide bonds. The van der Waals surface area contributed by atoms with Crippen LogP contribution < -0.4 is 0 Å². The van der Waals surface area contributed by atoms with Crippen LogP contribution in [0, 0.1) is 0 Å². The average molecular weight is 304 g/mol. The van der Waals surface area contributed by atoms with Gasteiger partial charge in [-0.3, -0.25) is 9.88 Å². The zero-order valence-corrected chi connectivity index (χ0v) is 13.6. The molecule has 2 saturated heterocycles. The minimum atomic E-state index is 0.651. The highest BCUT2D eigenvalue weighted by Crippen LogP contribution is 2.40. The van der Waals surface area contributed by atoms with Crippen LogP contribution in [-0.4, -0.2) is 22.5 Å². The van der Waals surface area contributed by atoms with E-state index in [4.69, 9.17) is 0 Å². The third-order valence-electron chi connectivity index (χ3n) is 5.34. The molecule has 0 unspecified atom stereocenters. The SMILES string of the molecule is C(=Cc1ccc([C@H]2CC[C@H]3CCCCN32)cc1)c1ccncc1. The molecular weight excluding hydrogens is 280 g/mol. The quantitative estimate of drug-likeness (QED) is 0.798. The van der Waals surface area contributed by atoms with Crippen molar-refractivity contribution in [2.75, 3.05) is 6.54 Å². The maximum Gasteiger partial charge on any atom is 0.0351 e. The van der Waals surface area contributed by atoms with Crippen LogP contribution in [0.2, 0.25) is 0 Å². The predicted molar refractivity (Wildman–Crippen MR) is 95.9 cm³/mol. The Labute approximate surface area is 138 Å². The molecule has 3 heterocycles. The molecule has 2 aliphatic heterocycles. The van der Waals surface area contributed by atoms with E-state index in [9.17, 15) is 0 Å². The summed E-state index contributed by atoms with van der Waals surface area (Å²) < 4.78 is 0. The number of piperidine rings is 1. The van der Waals surface area contributed by atoms with E-state index in [1.165, 1.54) is 55.3 Å². The summed E-state index contributed by atoms with van der Waals surface area (Å²) in [7, 11) is 0. The summed E-state index contributed by atoms with van der Waals surface area (Å²) in [5, 5.41) is 0. The van der Waals surface area contributed by atoms with Crippen molar-refractivity contribution in [3.63, 3.8) is 0 Å². The van der Waals surface area contributed by atoms with Crippen molar-refractivity contribution in [1.82, 2.24) is 9.88 Å². The number of aromatic nitrogens is 1. The summed E-state index contributed by atoms with van der Waals surface area (Å²) in [6.07, 6.45) is 14.9. The van der Waals surface area contributed by atoms with E-state index in [0.717, 1.165) is 6.04 Å². The molecule has 118 valence electrons. The molecular formula is C21H24N2. The van der Waals surface area contributed by atoms with Gasteiger partial charge in [-0.15, -0.1) is 0 Å². The van der Waals surface area contributed by atoms with Gasteiger partial charge in [-0.05, 0) is 61.1 Å². The molecule has 2 fully saturated rings. The molecule has 0 spiro atoms. The molecule has 2 aromatic rings. The fourth-order valence-electron chi connectivity index (χ4n) is 4.11. The molecule has 2 aliphatic rings. The Hall–Kier alpha value is -1.93. The van der Waals surface area contributed by atoms with E-state index in [0.29, 0.717) is 6.04 Å². The van der Waals surface area contributed by atoms with Crippen molar-refractivity contribution in [2.45, 2.75) is 44.2 Å². The fourth-order valence-corrected chi connectivity index (χ4v) is 4.11. The maximum absolute atomic E-state index is 4.05. The van der Waals surface area contributed by atoms with Crippen molar-refractivity contribution in [2.24, 2.45) is 0 Å². The molecule has 4 rings (SSSR count). The molecule has 23 heavy (non-hydrogen) atoms. The second kappa shape index (κ2) is 6.67. The summed E-state index contributed by atoms with van der Waals surface area (Å²) in [6, 6.07) is 14.7. The molecule has 0 N–H and O–H groups in total. The van der Waals surface area contributed by atoms with Crippen LogP contribution in [0.15, 0.2) is 48.8 Å². The van der Waals surface area contributed by atoms with Crippen LogP contribution in [0.4, 0.5) is 0 Å². The first kappa shape index (κ1) is 14.6. The van der Waals surface area contributed by atoms with Crippen molar-refractivity contribution in [3.8, 4) is 0 Å². The standard InChI is InChI=1S/C21H24N2/c1-2-16-23-20(3-1)10-11-21(23)19-8-6-17(7-9-19)4-5-18-12-14-22-15-13-18/h4-9,12-15,20-21H,1-3,10-11,16H2/t20-,21-/m1/s1. The van der Waals surface area contributed by atoms with Crippen LogP contribution in [0.3, 0.4) is 0 Å². The zero-order chi connectivity index (χ0) is 15.5. The molecule has 2 atom stereocenters. The van der Waals surface area contributed by atoms with Gasteiger partial charge in [-0.25, -0.2) is 0 Å². The Morgan fingerprint density at radius 3 is 2.35 bits per heavy atom. The molecule has 1 aromatic heterocycles. The van der Waals surface area contributed by atoms with Crippen LogP contribution in [0.25, 0.3) is 12.2 Å². The summed E-state index contributed by atoms with van der Waals surface area (Å²) >= 11 is 0. The third kappa shape index (κ3) is 3.23. The number of benzene rings is 1. The Morgan fingerprint density at radius 2 is 1.57 bits per heavy atom. The van der Waals surface area contributed by atoms with Gasteiger partial charge in [0.05, 0.1) is 0 Å². The van der Waals surface area contributed by atoms with Crippen LogP contribution in [0.1, 0.15) is 54.8 Å². The van der Waals surface area contributed by atoms with Gasteiger partial charge in [0.15, 0.2) is 0 Å². The van der Waals surface area contributed by atoms with Gasteiger partial charge in [0, 0.05) is 24.5 Å². The lowest BCUT2D eigenvalue weighted by Crippen LogP contribution is -2.35.